The summed E-state index contributed by atoms with van der Waals surface area (Å²) in [5.74, 6) is 0.623. The van der Waals surface area contributed by atoms with Crippen molar-refractivity contribution in [2.24, 2.45) is 11.1 Å². The summed E-state index contributed by atoms with van der Waals surface area (Å²) in [6.07, 6.45) is 0. The van der Waals surface area contributed by atoms with Gasteiger partial charge in [0.05, 0.1) is 25.3 Å². The van der Waals surface area contributed by atoms with Gasteiger partial charge in [-0.25, -0.2) is 4.98 Å². The van der Waals surface area contributed by atoms with Gasteiger partial charge >= 0.3 is 0 Å². The van der Waals surface area contributed by atoms with Gasteiger partial charge in [0.1, 0.15) is 10.9 Å². The average Bonchev–Trinajstić information content (AvgIpc) is 2.67. The third kappa shape index (κ3) is 1.50. The normalized spacial score (nSPS) is 19.2. The van der Waals surface area contributed by atoms with Crippen LogP contribution in [0, 0.1) is 23.7 Å². The van der Waals surface area contributed by atoms with E-state index in [4.69, 9.17) is 14.9 Å². The predicted molar refractivity (Wildman–Crippen MR) is 64.5 cm³/mol. The van der Waals surface area contributed by atoms with E-state index in [1.54, 1.807) is 6.92 Å². The Bertz CT molecular complexity index is 637. The number of aromatic nitrogens is 1. The Kier molecular flexibility index (Phi) is 2.37. The Labute approximate surface area is 104 Å². The second-order valence-electron chi connectivity index (χ2n) is 4.70. The molecule has 1 unspecified atom stereocenters. The zero-order chi connectivity index (χ0) is 12.8. The lowest BCUT2D eigenvalue weighted by Gasteiger charge is -2.39. The van der Waals surface area contributed by atoms with Gasteiger partial charge < -0.3 is 14.9 Å². The Balaban J connectivity index is 2.01. The van der Waals surface area contributed by atoms with Crippen LogP contribution in [0.25, 0.3) is 11.1 Å². The smallest absolute Gasteiger partial charge is 0.192 e. The van der Waals surface area contributed by atoms with E-state index in [1.807, 2.05) is 18.2 Å². The molecular formula is C13H13N3O2. The molecule has 18 heavy (non-hydrogen) atoms. The summed E-state index contributed by atoms with van der Waals surface area (Å²) in [6, 6.07) is 7.52. The first kappa shape index (κ1) is 11.2. The zero-order valence-corrected chi connectivity index (χ0v) is 10.0. The molecule has 0 radical (unpaired) electrons. The fourth-order valence-corrected chi connectivity index (χ4v) is 2.21. The van der Waals surface area contributed by atoms with Crippen LogP contribution >= 0.6 is 0 Å². The van der Waals surface area contributed by atoms with Crippen molar-refractivity contribution in [1.29, 1.82) is 5.26 Å². The van der Waals surface area contributed by atoms with Gasteiger partial charge in [0.15, 0.2) is 11.5 Å². The third-order valence-electron chi connectivity index (χ3n) is 3.41. The van der Waals surface area contributed by atoms with Crippen molar-refractivity contribution in [2.75, 3.05) is 13.2 Å². The highest BCUT2D eigenvalue weighted by molar-refractivity contribution is 5.73. The molecule has 1 aliphatic heterocycles. The number of nitriles is 1. The first-order valence-electron chi connectivity index (χ1n) is 5.76. The summed E-state index contributed by atoms with van der Waals surface area (Å²) < 4.78 is 10.5. The number of rotatable bonds is 2. The van der Waals surface area contributed by atoms with Gasteiger partial charge in [-0.1, -0.05) is 6.07 Å². The molecule has 0 aliphatic carbocycles. The molecule has 3 rings (SSSR count). The second kappa shape index (κ2) is 3.80. The van der Waals surface area contributed by atoms with Crippen LogP contribution in [0.5, 0.6) is 0 Å². The molecule has 0 amide bonds. The maximum Gasteiger partial charge on any atom is 0.192 e. The third-order valence-corrected chi connectivity index (χ3v) is 3.41. The summed E-state index contributed by atoms with van der Waals surface area (Å²) in [6.45, 7) is 2.58. The van der Waals surface area contributed by atoms with Gasteiger partial charge in [0, 0.05) is 6.92 Å². The molecule has 1 atom stereocenters. The summed E-state index contributed by atoms with van der Waals surface area (Å²) >= 11 is 0. The van der Waals surface area contributed by atoms with Gasteiger partial charge in [-0.3, -0.25) is 0 Å². The Morgan fingerprint density at radius 2 is 2.28 bits per heavy atom. The Hall–Kier alpha value is -1.90. The van der Waals surface area contributed by atoms with Gasteiger partial charge in [0.2, 0.25) is 0 Å². The number of hydrogen-bond donors (Lipinski definition) is 1. The van der Waals surface area contributed by atoms with E-state index in [0.29, 0.717) is 19.1 Å². The van der Waals surface area contributed by atoms with Crippen molar-refractivity contribution in [2.45, 2.75) is 13.0 Å². The lowest BCUT2D eigenvalue weighted by molar-refractivity contribution is -0.0910. The molecule has 0 spiro atoms. The van der Waals surface area contributed by atoms with E-state index >= 15 is 0 Å². The molecular weight excluding hydrogens is 230 g/mol. The van der Waals surface area contributed by atoms with Crippen LogP contribution in [0.1, 0.15) is 17.5 Å². The Morgan fingerprint density at radius 3 is 2.89 bits per heavy atom. The van der Waals surface area contributed by atoms with Crippen LogP contribution in [0.4, 0.5) is 0 Å². The van der Waals surface area contributed by atoms with Gasteiger partial charge in [-0.2, -0.15) is 5.26 Å². The number of fused-ring (bicyclic) bond motifs is 1. The van der Waals surface area contributed by atoms with Crippen molar-refractivity contribution in [1.82, 2.24) is 4.98 Å². The molecule has 0 bridgehead atoms. The van der Waals surface area contributed by atoms with Crippen LogP contribution in [0.15, 0.2) is 22.6 Å². The fourth-order valence-electron chi connectivity index (χ4n) is 2.21. The molecule has 2 heterocycles. The van der Waals surface area contributed by atoms with E-state index < -0.39 is 5.41 Å². The highest BCUT2D eigenvalue weighted by Gasteiger charge is 2.45. The maximum atomic E-state index is 9.24. The average molecular weight is 243 g/mol. The van der Waals surface area contributed by atoms with Gasteiger partial charge in [-0.05, 0) is 17.7 Å². The van der Waals surface area contributed by atoms with E-state index in [0.717, 1.165) is 16.7 Å². The highest BCUT2D eigenvalue weighted by atomic mass is 16.5. The summed E-state index contributed by atoms with van der Waals surface area (Å²) in [5, 5.41) is 9.24. The van der Waals surface area contributed by atoms with Crippen molar-refractivity contribution in [3.63, 3.8) is 0 Å². The minimum atomic E-state index is -0.605. The van der Waals surface area contributed by atoms with Crippen LogP contribution in [-0.4, -0.2) is 18.2 Å². The molecule has 1 aliphatic rings. The topological polar surface area (TPSA) is 85.1 Å². The minimum absolute atomic E-state index is 0.363. The maximum absolute atomic E-state index is 9.24. The molecule has 5 heteroatoms. The molecule has 0 saturated carbocycles. The van der Waals surface area contributed by atoms with E-state index in [-0.39, 0.29) is 6.04 Å². The van der Waals surface area contributed by atoms with Crippen molar-refractivity contribution in [3.8, 4) is 6.07 Å². The monoisotopic (exact) mass is 243 g/mol. The highest BCUT2D eigenvalue weighted by Crippen LogP contribution is 2.38. The van der Waals surface area contributed by atoms with E-state index in [2.05, 4.69) is 11.1 Å². The first-order chi connectivity index (χ1) is 8.64. The number of ether oxygens (including phenoxy) is 1. The zero-order valence-electron chi connectivity index (χ0n) is 10.0. The van der Waals surface area contributed by atoms with Gasteiger partial charge in [0.25, 0.3) is 0 Å². The standard InChI is InChI=1S/C13H13N3O2/c1-8-16-10-4-9(2-3-11(10)18-8)12(15)13(5-14)6-17-7-13/h2-4,12H,6-7,15H2,1H3. The van der Waals surface area contributed by atoms with Crippen LogP contribution in [0.2, 0.25) is 0 Å². The number of hydrogen-bond acceptors (Lipinski definition) is 5. The number of nitrogens with zero attached hydrogens (tertiary/aromatic N) is 2. The number of benzene rings is 1. The van der Waals surface area contributed by atoms with E-state index in [1.165, 1.54) is 0 Å². The van der Waals surface area contributed by atoms with Crippen molar-refractivity contribution >= 4 is 11.1 Å². The molecule has 1 fully saturated rings. The summed E-state index contributed by atoms with van der Waals surface area (Å²) in [7, 11) is 0. The summed E-state index contributed by atoms with van der Waals surface area (Å²) in [4.78, 5) is 4.27. The fraction of sp³-hybridized carbons (Fsp3) is 0.385. The molecule has 1 aromatic heterocycles. The van der Waals surface area contributed by atoms with Crippen LogP contribution in [-0.2, 0) is 4.74 Å². The largest absolute Gasteiger partial charge is 0.441 e. The SMILES string of the molecule is Cc1nc2cc(C(N)C3(C#N)COC3)ccc2o1. The first-order valence-corrected chi connectivity index (χ1v) is 5.76. The second-order valence-corrected chi connectivity index (χ2v) is 4.70. The van der Waals surface area contributed by atoms with E-state index in [9.17, 15) is 5.26 Å². The molecule has 1 aromatic carbocycles. The summed E-state index contributed by atoms with van der Waals surface area (Å²) in [5.41, 5.74) is 7.98. The molecule has 5 nitrogen and oxygen atoms in total. The van der Waals surface area contributed by atoms with Crippen molar-refractivity contribution in [3.05, 3.63) is 29.7 Å². The quantitative estimate of drug-likeness (QED) is 0.867. The van der Waals surface area contributed by atoms with Crippen molar-refractivity contribution < 1.29 is 9.15 Å². The van der Waals surface area contributed by atoms with Crippen LogP contribution in [0.3, 0.4) is 0 Å². The lowest BCUT2D eigenvalue weighted by atomic mass is 9.77. The number of nitrogens with two attached hydrogens (primary N) is 1. The number of oxazole rings is 1. The van der Waals surface area contributed by atoms with Gasteiger partial charge in [-0.15, -0.1) is 0 Å². The molecule has 2 N–H and O–H groups in total. The molecule has 2 aromatic rings. The Morgan fingerprint density at radius 1 is 1.50 bits per heavy atom. The lowest BCUT2D eigenvalue weighted by Crippen LogP contribution is -2.49. The number of aryl methyl sites for hydroxylation is 1. The molecule has 1 saturated heterocycles. The minimum Gasteiger partial charge on any atom is -0.441 e. The van der Waals surface area contributed by atoms with Crippen LogP contribution < -0.4 is 5.73 Å². The predicted octanol–water partition coefficient (Wildman–Crippen LogP) is 1.68. The molecule has 92 valence electrons.